The van der Waals surface area contributed by atoms with Gasteiger partial charge in [-0.3, -0.25) is 9.88 Å². The highest BCUT2D eigenvalue weighted by atomic mass is 32.1. The zero-order valence-corrected chi connectivity index (χ0v) is 15.7. The van der Waals surface area contributed by atoms with Gasteiger partial charge in [0, 0.05) is 35.6 Å². The quantitative estimate of drug-likeness (QED) is 0.724. The molecular weight excluding hydrogens is 332 g/mol. The fourth-order valence-electron chi connectivity index (χ4n) is 2.45. The van der Waals surface area contributed by atoms with E-state index in [1.807, 2.05) is 50.5 Å². The fraction of sp³-hybridized carbons (Fsp3) is 0.333. The second-order valence-electron chi connectivity index (χ2n) is 6.07. The van der Waals surface area contributed by atoms with Crippen LogP contribution in [0.3, 0.4) is 0 Å². The van der Waals surface area contributed by atoms with Crippen LogP contribution in [0.15, 0.2) is 36.7 Å². The van der Waals surface area contributed by atoms with E-state index in [0.717, 1.165) is 39.6 Å². The molecule has 0 aliphatic carbocycles. The molecule has 3 aromatic rings. The van der Waals surface area contributed by atoms with Gasteiger partial charge in [0.25, 0.3) is 0 Å². The summed E-state index contributed by atoms with van der Waals surface area (Å²) in [5.41, 5.74) is 1.96. The van der Waals surface area contributed by atoms with Crippen LogP contribution in [0, 0.1) is 13.8 Å². The molecule has 6 nitrogen and oxygen atoms in total. The number of hydrogen-bond donors (Lipinski definition) is 1. The van der Waals surface area contributed by atoms with Crippen molar-refractivity contribution in [1.29, 1.82) is 0 Å². The van der Waals surface area contributed by atoms with Gasteiger partial charge in [-0.1, -0.05) is 6.07 Å². The third-order valence-electron chi connectivity index (χ3n) is 3.90. The number of aromatic nitrogens is 4. The van der Waals surface area contributed by atoms with Crippen molar-refractivity contribution in [3.8, 4) is 0 Å². The van der Waals surface area contributed by atoms with Crippen LogP contribution in [-0.4, -0.2) is 31.9 Å². The maximum atomic E-state index is 4.68. The van der Waals surface area contributed by atoms with Gasteiger partial charge in [0.05, 0.1) is 11.7 Å². The largest absolute Gasteiger partial charge is 0.316 e. The minimum Gasteiger partial charge on any atom is -0.316 e. The summed E-state index contributed by atoms with van der Waals surface area (Å²) >= 11 is 1.61. The molecule has 3 rings (SSSR count). The smallest absolute Gasteiger partial charge is 0.188 e. The van der Waals surface area contributed by atoms with Crippen LogP contribution in [0.2, 0.25) is 0 Å². The molecule has 1 atom stereocenters. The lowest BCUT2D eigenvalue weighted by molar-refractivity contribution is 0.241. The zero-order chi connectivity index (χ0) is 17.8. The highest BCUT2D eigenvalue weighted by Crippen LogP contribution is 2.23. The van der Waals surface area contributed by atoms with E-state index in [2.05, 4.69) is 44.1 Å². The molecule has 3 heterocycles. The second kappa shape index (κ2) is 7.67. The first-order chi connectivity index (χ1) is 12.0. The Morgan fingerprint density at radius 1 is 1.20 bits per heavy atom. The van der Waals surface area contributed by atoms with E-state index in [1.165, 1.54) is 0 Å². The first-order valence-corrected chi connectivity index (χ1v) is 8.98. The van der Waals surface area contributed by atoms with Crippen LogP contribution in [0.1, 0.15) is 35.1 Å². The summed E-state index contributed by atoms with van der Waals surface area (Å²) in [4.78, 5) is 21.4. The Balaban J connectivity index is 1.76. The molecular formula is C18H22N6S. The number of pyridine rings is 1. The molecule has 130 valence electrons. The Morgan fingerprint density at radius 3 is 2.72 bits per heavy atom. The van der Waals surface area contributed by atoms with E-state index in [9.17, 15) is 0 Å². The summed E-state index contributed by atoms with van der Waals surface area (Å²) < 4.78 is 0. The minimum absolute atomic E-state index is 0.0699. The van der Waals surface area contributed by atoms with Crippen molar-refractivity contribution in [3.63, 3.8) is 0 Å². The van der Waals surface area contributed by atoms with Crippen molar-refractivity contribution in [1.82, 2.24) is 24.8 Å². The maximum Gasteiger partial charge on any atom is 0.188 e. The van der Waals surface area contributed by atoms with Gasteiger partial charge in [-0.2, -0.15) is 0 Å². The molecule has 0 aliphatic heterocycles. The molecule has 1 N–H and O–H groups in total. The molecule has 0 radical (unpaired) electrons. The van der Waals surface area contributed by atoms with E-state index in [4.69, 9.17) is 0 Å². The van der Waals surface area contributed by atoms with Crippen molar-refractivity contribution in [2.45, 2.75) is 33.4 Å². The molecule has 0 aliphatic rings. The monoisotopic (exact) mass is 354 g/mol. The molecule has 0 saturated heterocycles. The van der Waals surface area contributed by atoms with Gasteiger partial charge in [0.2, 0.25) is 0 Å². The third kappa shape index (κ3) is 4.58. The Morgan fingerprint density at radius 2 is 2.04 bits per heavy atom. The first kappa shape index (κ1) is 17.4. The lowest BCUT2D eigenvalue weighted by Gasteiger charge is -2.23. The number of nitrogens with one attached hydrogen (secondary N) is 1. The van der Waals surface area contributed by atoms with E-state index in [-0.39, 0.29) is 6.04 Å². The van der Waals surface area contributed by atoms with Crippen LogP contribution in [0.5, 0.6) is 0 Å². The van der Waals surface area contributed by atoms with Gasteiger partial charge in [-0.15, -0.1) is 11.3 Å². The van der Waals surface area contributed by atoms with Crippen molar-refractivity contribution in [2.24, 2.45) is 0 Å². The van der Waals surface area contributed by atoms with Crippen LogP contribution in [-0.2, 0) is 6.54 Å². The van der Waals surface area contributed by atoms with Crippen LogP contribution >= 0.6 is 11.3 Å². The first-order valence-electron chi connectivity index (χ1n) is 8.16. The third-order valence-corrected chi connectivity index (χ3v) is 4.73. The van der Waals surface area contributed by atoms with Gasteiger partial charge in [0.15, 0.2) is 5.13 Å². The molecule has 0 bridgehead atoms. The number of aryl methyl sites for hydroxylation is 2. The van der Waals surface area contributed by atoms with Gasteiger partial charge in [0.1, 0.15) is 11.6 Å². The van der Waals surface area contributed by atoms with E-state index >= 15 is 0 Å². The molecule has 0 amide bonds. The van der Waals surface area contributed by atoms with Crippen LogP contribution < -0.4 is 5.32 Å². The summed E-state index contributed by atoms with van der Waals surface area (Å²) in [5, 5.41) is 4.12. The standard InChI is InChI=1S/C18H22N6S/c1-12-9-16(23-18-20-10-13(2)25-18)22-17(21-12)14(3)24(4)11-15-7-5-6-8-19-15/h5-10,14H,11H2,1-4H3,(H,20,21,22,23)/t14-/m0/s1. The van der Waals surface area contributed by atoms with Crippen molar-refractivity contribution >= 4 is 22.3 Å². The average molecular weight is 354 g/mol. The Labute approximate surface area is 152 Å². The van der Waals surface area contributed by atoms with Crippen molar-refractivity contribution in [3.05, 3.63) is 58.7 Å². The molecule has 0 aromatic carbocycles. The minimum atomic E-state index is 0.0699. The Hall–Kier alpha value is -2.38. The predicted molar refractivity (Wildman–Crippen MR) is 101 cm³/mol. The van der Waals surface area contributed by atoms with Crippen LogP contribution in [0.25, 0.3) is 0 Å². The summed E-state index contributed by atoms with van der Waals surface area (Å²) in [6.07, 6.45) is 3.67. The Bertz CT molecular complexity index is 833. The lowest BCUT2D eigenvalue weighted by atomic mass is 10.2. The topological polar surface area (TPSA) is 66.8 Å². The van der Waals surface area contributed by atoms with Crippen molar-refractivity contribution in [2.75, 3.05) is 12.4 Å². The lowest BCUT2D eigenvalue weighted by Crippen LogP contribution is -2.24. The number of thiazole rings is 1. The normalized spacial score (nSPS) is 12.4. The molecule has 0 unspecified atom stereocenters. The highest BCUT2D eigenvalue weighted by Gasteiger charge is 2.17. The molecule has 0 spiro atoms. The number of nitrogens with zero attached hydrogens (tertiary/aromatic N) is 5. The Kier molecular flexibility index (Phi) is 5.35. The van der Waals surface area contributed by atoms with E-state index < -0.39 is 0 Å². The van der Waals surface area contributed by atoms with Gasteiger partial charge < -0.3 is 5.32 Å². The summed E-state index contributed by atoms with van der Waals surface area (Å²) in [6.45, 7) is 6.87. The predicted octanol–water partition coefficient (Wildman–Crippen LogP) is 3.88. The molecule has 0 fully saturated rings. The van der Waals surface area contributed by atoms with Crippen molar-refractivity contribution < 1.29 is 0 Å². The maximum absolute atomic E-state index is 4.68. The number of hydrogen-bond acceptors (Lipinski definition) is 7. The summed E-state index contributed by atoms with van der Waals surface area (Å²) in [6, 6.07) is 7.96. The summed E-state index contributed by atoms with van der Waals surface area (Å²) in [7, 11) is 2.06. The molecule has 25 heavy (non-hydrogen) atoms. The zero-order valence-electron chi connectivity index (χ0n) is 14.9. The fourth-order valence-corrected chi connectivity index (χ4v) is 3.12. The van der Waals surface area contributed by atoms with Gasteiger partial charge in [-0.05, 0) is 40.0 Å². The average Bonchev–Trinajstić information content (AvgIpc) is 2.99. The number of rotatable bonds is 6. The SMILES string of the molecule is Cc1cc(Nc2ncc(C)s2)nc([C@H](C)N(C)Cc2ccccn2)n1. The number of anilines is 2. The van der Waals surface area contributed by atoms with Crippen LogP contribution in [0.4, 0.5) is 10.9 Å². The van der Waals surface area contributed by atoms with Gasteiger partial charge >= 0.3 is 0 Å². The van der Waals surface area contributed by atoms with Gasteiger partial charge in [-0.25, -0.2) is 15.0 Å². The molecule has 0 saturated carbocycles. The van der Waals surface area contributed by atoms with E-state index in [1.54, 1.807) is 11.3 Å². The van der Waals surface area contributed by atoms with E-state index in [0.29, 0.717) is 0 Å². The summed E-state index contributed by atoms with van der Waals surface area (Å²) in [5.74, 6) is 1.56. The molecule has 3 aromatic heterocycles. The highest BCUT2D eigenvalue weighted by molar-refractivity contribution is 7.15. The second-order valence-corrected chi connectivity index (χ2v) is 7.30. The molecule has 7 heteroatoms.